The van der Waals surface area contributed by atoms with Crippen molar-refractivity contribution in [2.24, 2.45) is 0 Å². The van der Waals surface area contributed by atoms with Gasteiger partial charge in [-0.3, -0.25) is 4.79 Å². The molecule has 1 aromatic carbocycles. The van der Waals surface area contributed by atoms with Crippen molar-refractivity contribution < 1.29 is 13.2 Å². The molecule has 1 atom stereocenters. The summed E-state index contributed by atoms with van der Waals surface area (Å²) in [4.78, 5) is 19.0. The van der Waals surface area contributed by atoms with Gasteiger partial charge in [-0.2, -0.15) is 0 Å². The zero-order chi connectivity index (χ0) is 18.9. The Labute approximate surface area is 160 Å². The molecule has 8 heteroatoms. The molecule has 0 saturated carbocycles. The Morgan fingerprint density at radius 1 is 1.19 bits per heavy atom. The molecule has 2 aromatic heterocycles. The highest BCUT2D eigenvalue weighted by molar-refractivity contribution is 7.90. The van der Waals surface area contributed by atoms with Crippen LogP contribution in [0, 0.1) is 6.92 Å². The summed E-state index contributed by atoms with van der Waals surface area (Å²) in [5, 5.41) is 5.78. The third kappa shape index (κ3) is 4.03. The maximum absolute atomic E-state index is 12.6. The molecule has 0 aliphatic heterocycles. The molecule has 1 amide bonds. The Hall–Kier alpha value is -2.03. The number of nitrogens with zero attached hydrogens (tertiary/aromatic N) is 1. The quantitative estimate of drug-likeness (QED) is 0.693. The summed E-state index contributed by atoms with van der Waals surface area (Å²) in [6, 6.07) is 10.2. The van der Waals surface area contributed by atoms with Crippen molar-refractivity contribution in [3.63, 3.8) is 0 Å². The molecule has 3 rings (SSSR count). The van der Waals surface area contributed by atoms with Crippen LogP contribution < -0.4 is 5.32 Å². The maximum Gasteiger partial charge on any atom is 0.263 e. The summed E-state index contributed by atoms with van der Waals surface area (Å²) in [5.41, 5.74) is 1.54. The molecule has 136 valence electrons. The Kier molecular flexibility index (Phi) is 5.27. The molecule has 0 bridgehead atoms. The molecule has 0 unspecified atom stereocenters. The predicted molar refractivity (Wildman–Crippen MR) is 106 cm³/mol. The van der Waals surface area contributed by atoms with Gasteiger partial charge in [0.05, 0.1) is 21.5 Å². The number of benzene rings is 1. The fourth-order valence-corrected chi connectivity index (χ4v) is 4.86. The molecular formula is C18H18N2O3S3. The van der Waals surface area contributed by atoms with E-state index < -0.39 is 9.84 Å². The van der Waals surface area contributed by atoms with Gasteiger partial charge in [-0.15, -0.1) is 22.7 Å². The second-order valence-electron chi connectivity index (χ2n) is 5.95. The van der Waals surface area contributed by atoms with Crippen LogP contribution in [0.15, 0.2) is 46.7 Å². The van der Waals surface area contributed by atoms with Crippen LogP contribution in [0.3, 0.4) is 0 Å². The SMILES string of the molecule is Cc1nc(-c2cccs2)sc1C(=O)N[C@@H](C)c1ccc(S(C)(=O)=O)cc1. The summed E-state index contributed by atoms with van der Waals surface area (Å²) in [6.45, 7) is 3.69. The number of thiophene rings is 1. The van der Waals surface area contributed by atoms with E-state index in [0.29, 0.717) is 10.6 Å². The minimum absolute atomic E-state index is 0.178. The Bertz CT molecular complexity index is 1020. The standard InChI is InChI=1S/C18H18N2O3S3/c1-11(13-6-8-14(9-7-13)26(3,22)23)19-17(21)16-12(2)20-18(25-16)15-5-4-10-24-15/h4-11H,1-3H3,(H,19,21)/t11-/m0/s1. The Morgan fingerprint density at radius 3 is 2.46 bits per heavy atom. The first-order valence-electron chi connectivity index (χ1n) is 7.88. The third-order valence-corrected chi connectivity index (χ3v) is 7.21. The summed E-state index contributed by atoms with van der Waals surface area (Å²) >= 11 is 2.97. The van der Waals surface area contributed by atoms with E-state index in [1.165, 1.54) is 17.6 Å². The van der Waals surface area contributed by atoms with Gasteiger partial charge in [0.2, 0.25) is 0 Å². The van der Waals surface area contributed by atoms with Gasteiger partial charge < -0.3 is 5.32 Å². The summed E-state index contributed by atoms with van der Waals surface area (Å²) in [5.74, 6) is -0.178. The van der Waals surface area contributed by atoms with E-state index in [9.17, 15) is 13.2 Å². The number of aromatic nitrogens is 1. The van der Waals surface area contributed by atoms with E-state index in [1.54, 1.807) is 35.6 Å². The molecule has 2 heterocycles. The third-order valence-electron chi connectivity index (χ3n) is 3.89. The van der Waals surface area contributed by atoms with Crippen LogP contribution in [0.5, 0.6) is 0 Å². The average Bonchev–Trinajstić information content (AvgIpc) is 3.23. The first-order chi connectivity index (χ1) is 12.3. The van der Waals surface area contributed by atoms with E-state index in [4.69, 9.17) is 0 Å². The second-order valence-corrected chi connectivity index (χ2v) is 9.91. The molecule has 1 N–H and O–H groups in total. The van der Waals surface area contributed by atoms with Gasteiger partial charge in [0.25, 0.3) is 5.91 Å². The molecule has 5 nitrogen and oxygen atoms in total. The second kappa shape index (κ2) is 7.30. The highest BCUT2D eigenvalue weighted by Gasteiger charge is 2.19. The van der Waals surface area contributed by atoms with Crippen LogP contribution >= 0.6 is 22.7 Å². The number of amides is 1. The van der Waals surface area contributed by atoms with Crippen molar-refractivity contribution in [3.05, 3.63) is 57.9 Å². The summed E-state index contributed by atoms with van der Waals surface area (Å²) in [7, 11) is -3.23. The lowest BCUT2D eigenvalue weighted by Crippen LogP contribution is -2.26. The van der Waals surface area contributed by atoms with Crippen LogP contribution in [0.2, 0.25) is 0 Å². The number of nitrogens with one attached hydrogen (secondary N) is 1. The first-order valence-corrected chi connectivity index (χ1v) is 11.5. The van der Waals surface area contributed by atoms with E-state index >= 15 is 0 Å². The van der Waals surface area contributed by atoms with Gasteiger partial charge >= 0.3 is 0 Å². The van der Waals surface area contributed by atoms with Crippen molar-refractivity contribution in [3.8, 4) is 9.88 Å². The Balaban J connectivity index is 1.75. The number of sulfone groups is 1. The highest BCUT2D eigenvalue weighted by Crippen LogP contribution is 2.31. The van der Waals surface area contributed by atoms with Gasteiger partial charge in [0.1, 0.15) is 9.88 Å². The summed E-state index contributed by atoms with van der Waals surface area (Å²) in [6.07, 6.45) is 1.17. The number of hydrogen-bond acceptors (Lipinski definition) is 6. The molecule has 0 radical (unpaired) electrons. The Morgan fingerprint density at radius 2 is 1.88 bits per heavy atom. The van der Waals surface area contributed by atoms with Crippen LogP contribution in [0.25, 0.3) is 9.88 Å². The fourth-order valence-electron chi connectivity index (χ4n) is 2.46. The van der Waals surface area contributed by atoms with Gasteiger partial charge in [-0.05, 0) is 43.0 Å². The van der Waals surface area contributed by atoms with Gasteiger partial charge in [-0.25, -0.2) is 13.4 Å². The number of carbonyl (C=O) groups excluding carboxylic acids is 1. The molecule has 0 spiro atoms. The number of thiazole rings is 1. The lowest BCUT2D eigenvalue weighted by molar-refractivity contribution is 0.0943. The topological polar surface area (TPSA) is 76.1 Å². The van der Waals surface area contributed by atoms with Crippen LogP contribution in [0.1, 0.15) is 33.9 Å². The molecule has 0 saturated heterocycles. The van der Waals surface area contributed by atoms with E-state index in [1.807, 2.05) is 31.4 Å². The van der Waals surface area contributed by atoms with E-state index in [0.717, 1.165) is 15.4 Å². The zero-order valence-electron chi connectivity index (χ0n) is 14.5. The number of rotatable bonds is 5. The fraction of sp³-hybridized carbons (Fsp3) is 0.222. The zero-order valence-corrected chi connectivity index (χ0v) is 17.0. The molecule has 3 aromatic rings. The number of hydrogen-bond donors (Lipinski definition) is 1. The number of carbonyl (C=O) groups is 1. The van der Waals surface area contributed by atoms with Crippen molar-refractivity contribution in [2.45, 2.75) is 24.8 Å². The van der Waals surface area contributed by atoms with Crippen LogP contribution in [-0.2, 0) is 9.84 Å². The predicted octanol–water partition coefficient (Wildman–Crippen LogP) is 4.07. The van der Waals surface area contributed by atoms with Gasteiger partial charge in [-0.1, -0.05) is 18.2 Å². The smallest absolute Gasteiger partial charge is 0.263 e. The van der Waals surface area contributed by atoms with E-state index in [-0.39, 0.29) is 16.8 Å². The van der Waals surface area contributed by atoms with Crippen molar-refractivity contribution in [1.82, 2.24) is 10.3 Å². The molecule has 26 heavy (non-hydrogen) atoms. The molecule has 0 fully saturated rings. The average molecular weight is 407 g/mol. The molecule has 0 aliphatic carbocycles. The van der Waals surface area contributed by atoms with E-state index in [2.05, 4.69) is 10.3 Å². The van der Waals surface area contributed by atoms with Gasteiger partial charge in [0, 0.05) is 6.26 Å². The first kappa shape index (κ1) is 18.8. The molecular weight excluding hydrogens is 388 g/mol. The highest BCUT2D eigenvalue weighted by atomic mass is 32.2. The monoisotopic (exact) mass is 406 g/mol. The van der Waals surface area contributed by atoms with Crippen LogP contribution in [-0.4, -0.2) is 25.6 Å². The number of aryl methyl sites for hydroxylation is 1. The van der Waals surface area contributed by atoms with Crippen LogP contribution in [0.4, 0.5) is 0 Å². The largest absolute Gasteiger partial charge is 0.345 e. The van der Waals surface area contributed by atoms with Crippen molar-refractivity contribution in [2.75, 3.05) is 6.26 Å². The minimum atomic E-state index is -3.23. The minimum Gasteiger partial charge on any atom is -0.345 e. The van der Waals surface area contributed by atoms with Gasteiger partial charge in [0.15, 0.2) is 9.84 Å². The molecule has 0 aliphatic rings. The maximum atomic E-state index is 12.6. The van der Waals surface area contributed by atoms with Crippen molar-refractivity contribution >= 4 is 38.4 Å². The van der Waals surface area contributed by atoms with Crippen molar-refractivity contribution in [1.29, 1.82) is 0 Å². The summed E-state index contributed by atoms with van der Waals surface area (Å²) < 4.78 is 23.1. The normalized spacial score (nSPS) is 12.7. The lowest BCUT2D eigenvalue weighted by Gasteiger charge is -2.14. The lowest BCUT2D eigenvalue weighted by atomic mass is 10.1.